The number of nitrogens with one attached hydrogen (secondary N) is 3. The maximum absolute atomic E-state index is 9.94. The van der Waals surface area contributed by atoms with Crippen molar-refractivity contribution in [2.75, 3.05) is 22.5 Å². The molecule has 8 heteroatoms. The lowest BCUT2D eigenvalue weighted by atomic mass is 9.93. The standard InChI is InChI=1S/C30H35N7O/c1-2-3-16-31-30-32-19-26(29(37-30)36-23-12-14-25(38)15-13-23)27-18-28(34-20-33-27)35-24-11-7-10-22(17-24)21-8-5-4-6-9-21/h4-11,17-20,23,25,38H,2-3,12-16H2,1H3,(H,33,34,35)(H2,31,32,36,37)/t23-,25-. The zero-order valence-electron chi connectivity index (χ0n) is 21.8. The second kappa shape index (κ2) is 12.5. The highest BCUT2D eigenvalue weighted by Crippen LogP contribution is 2.30. The number of hydrogen-bond donors (Lipinski definition) is 4. The van der Waals surface area contributed by atoms with Gasteiger partial charge in [-0.15, -0.1) is 0 Å². The predicted octanol–water partition coefficient (Wildman–Crippen LogP) is 6.27. The van der Waals surface area contributed by atoms with E-state index in [4.69, 9.17) is 4.98 Å². The van der Waals surface area contributed by atoms with Crippen LogP contribution in [0.5, 0.6) is 0 Å². The topological polar surface area (TPSA) is 108 Å². The van der Waals surface area contributed by atoms with E-state index in [-0.39, 0.29) is 12.1 Å². The van der Waals surface area contributed by atoms with Crippen molar-refractivity contribution >= 4 is 23.3 Å². The Bertz CT molecular complexity index is 1320. The largest absolute Gasteiger partial charge is 0.393 e. The first-order valence-electron chi connectivity index (χ1n) is 13.5. The van der Waals surface area contributed by atoms with Gasteiger partial charge in [0.1, 0.15) is 18.0 Å². The van der Waals surface area contributed by atoms with Gasteiger partial charge in [0.2, 0.25) is 5.95 Å². The number of nitrogens with zero attached hydrogens (tertiary/aromatic N) is 4. The molecule has 1 saturated carbocycles. The minimum atomic E-state index is -0.208. The average Bonchev–Trinajstić information content (AvgIpc) is 2.95. The van der Waals surface area contributed by atoms with Crippen LogP contribution in [0.15, 0.2) is 73.2 Å². The minimum absolute atomic E-state index is 0.208. The van der Waals surface area contributed by atoms with E-state index in [1.807, 2.05) is 42.6 Å². The molecule has 2 heterocycles. The van der Waals surface area contributed by atoms with Crippen molar-refractivity contribution in [3.8, 4) is 22.4 Å². The van der Waals surface area contributed by atoms with Crippen LogP contribution in [0.25, 0.3) is 22.4 Å². The second-order valence-electron chi connectivity index (χ2n) is 9.75. The molecule has 1 fully saturated rings. The van der Waals surface area contributed by atoms with Gasteiger partial charge in [0, 0.05) is 30.5 Å². The van der Waals surface area contributed by atoms with Gasteiger partial charge in [-0.05, 0) is 55.4 Å². The maximum Gasteiger partial charge on any atom is 0.224 e. The Labute approximate surface area is 224 Å². The van der Waals surface area contributed by atoms with Crippen molar-refractivity contribution in [2.24, 2.45) is 0 Å². The Morgan fingerprint density at radius 3 is 2.53 bits per heavy atom. The molecule has 8 nitrogen and oxygen atoms in total. The quantitative estimate of drug-likeness (QED) is 0.185. The third-order valence-corrected chi connectivity index (χ3v) is 6.82. The average molecular weight is 510 g/mol. The smallest absolute Gasteiger partial charge is 0.224 e. The highest BCUT2D eigenvalue weighted by molar-refractivity contribution is 5.76. The van der Waals surface area contributed by atoms with Crippen LogP contribution in [0.1, 0.15) is 45.4 Å². The number of aliphatic hydroxyl groups excluding tert-OH is 1. The lowest BCUT2D eigenvalue weighted by molar-refractivity contribution is 0.126. The first-order valence-corrected chi connectivity index (χ1v) is 13.5. The van der Waals surface area contributed by atoms with E-state index in [0.717, 1.165) is 79.0 Å². The summed E-state index contributed by atoms with van der Waals surface area (Å²) in [5, 5.41) is 20.3. The molecule has 0 bridgehead atoms. The molecule has 2 aromatic heterocycles. The molecule has 0 amide bonds. The van der Waals surface area contributed by atoms with Crippen molar-refractivity contribution in [1.82, 2.24) is 19.9 Å². The highest BCUT2D eigenvalue weighted by Gasteiger charge is 2.21. The summed E-state index contributed by atoms with van der Waals surface area (Å²) in [5.41, 5.74) is 4.80. The number of aliphatic hydroxyl groups is 1. The number of unbranched alkanes of at least 4 members (excludes halogenated alkanes) is 1. The Kier molecular flexibility index (Phi) is 8.40. The second-order valence-corrected chi connectivity index (χ2v) is 9.75. The van der Waals surface area contributed by atoms with Crippen molar-refractivity contribution in [3.63, 3.8) is 0 Å². The van der Waals surface area contributed by atoms with Crippen LogP contribution in [0, 0.1) is 0 Å². The summed E-state index contributed by atoms with van der Waals surface area (Å²) in [4.78, 5) is 18.4. The molecular weight excluding hydrogens is 474 g/mol. The van der Waals surface area contributed by atoms with Crippen LogP contribution >= 0.6 is 0 Å². The van der Waals surface area contributed by atoms with Crippen LogP contribution in [0.4, 0.5) is 23.3 Å². The maximum atomic E-state index is 9.94. The van der Waals surface area contributed by atoms with Gasteiger partial charge in [0.15, 0.2) is 0 Å². The summed E-state index contributed by atoms with van der Waals surface area (Å²) in [7, 11) is 0. The zero-order valence-corrected chi connectivity index (χ0v) is 21.8. The molecule has 0 saturated heterocycles. The molecule has 0 atom stereocenters. The fourth-order valence-corrected chi connectivity index (χ4v) is 4.68. The first kappa shape index (κ1) is 25.6. The van der Waals surface area contributed by atoms with Crippen molar-refractivity contribution in [1.29, 1.82) is 0 Å². The van der Waals surface area contributed by atoms with Crippen molar-refractivity contribution in [3.05, 3.63) is 73.2 Å². The molecule has 0 aliphatic heterocycles. The molecule has 0 radical (unpaired) electrons. The molecule has 2 aromatic carbocycles. The summed E-state index contributed by atoms with van der Waals surface area (Å²) in [6.07, 6.45) is 8.73. The van der Waals surface area contributed by atoms with Gasteiger partial charge >= 0.3 is 0 Å². The Morgan fingerprint density at radius 1 is 0.895 bits per heavy atom. The van der Waals surface area contributed by atoms with Crippen molar-refractivity contribution < 1.29 is 5.11 Å². The van der Waals surface area contributed by atoms with Gasteiger partial charge < -0.3 is 21.1 Å². The van der Waals surface area contributed by atoms with Crippen LogP contribution in [-0.4, -0.2) is 43.7 Å². The van der Waals surface area contributed by atoms with Crippen LogP contribution in [-0.2, 0) is 0 Å². The first-order chi connectivity index (χ1) is 18.7. The number of benzene rings is 2. The number of hydrogen-bond acceptors (Lipinski definition) is 8. The minimum Gasteiger partial charge on any atom is -0.393 e. The van der Waals surface area contributed by atoms with E-state index >= 15 is 0 Å². The summed E-state index contributed by atoms with van der Waals surface area (Å²) in [5.74, 6) is 2.04. The van der Waals surface area contributed by atoms with Crippen LogP contribution in [0.2, 0.25) is 0 Å². The molecule has 1 aliphatic carbocycles. The summed E-state index contributed by atoms with van der Waals surface area (Å²) in [6.45, 7) is 2.99. The number of rotatable bonds is 10. The van der Waals surface area contributed by atoms with E-state index in [0.29, 0.717) is 11.8 Å². The highest BCUT2D eigenvalue weighted by atomic mass is 16.3. The van der Waals surface area contributed by atoms with E-state index in [1.54, 1.807) is 6.33 Å². The normalized spacial score (nSPS) is 17.1. The Morgan fingerprint density at radius 2 is 1.71 bits per heavy atom. The summed E-state index contributed by atoms with van der Waals surface area (Å²) >= 11 is 0. The van der Waals surface area contributed by atoms with E-state index < -0.39 is 0 Å². The van der Waals surface area contributed by atoms with Crippen LogP contribution < -0.4 is 16.0 Å². The van der Waals surface area contributed by atoms with E-state index in [9.17, 15) is 5.11 Å². The van der Waals surface area contributed by atoms with E-state index in [2.05, 4.69) is 62.1 Å². The van der Waals surface area contributed by atoms with E-state index in [1.165, 1.54) is 0 Å². The van der Waals surface area contributed by atoms with Gasteiger partial charge in [-0.2, -0.15) is 4.98 Å². The molecule has 5 rings (SSSR count). The molecule has 38 heavy (non-hydrogen) atoms. The molecule has 196 valence electrons. The number of anilines is 4. The van der Waals surface area contributed by atoms with Gasteiger partial charge in [-0.25, -0.2) is 15.0 Å². The third-order valence-electron chi connectivity index (χ3n) is 6.82. The SMILES string of the molecule is CCCCNc1ncc(-c2cc(Nc3cccc(-c4ccccc4)c3)ncn2)c(N[C@H]2CC[C@H](O)CC2)n1. The van der Waals surface area contributed by atoms with Gasteiger partial charge in [0.25, 0.3) is 0 Å². The molecule has 1 aliphatic rings. The summed E-state index contributed by atoms with van der Waals surface area (Å²) < 4.78 is 0. The monoisotopic (exact) mass is 509 g/mol. The third kappa shape index (κ3) is 6.63. The Hall–Kier alpha value is -4.04. The summed E-state index contributed by atoms with van der Waals surface area (Å²) in [6, 6.07) is 20.7. The van der Waals surface area contributed by atoms with Crippen LogP contribution in [0.3, 0.4) is 0 Å². The lowest BCUT2D eigenvalue weighted by Gasteiger charge is -2.27. The molecule has 0 spiro atoms. The van der Waals surface area contributed by atoms with Gasteiger partial charge in [-0.1, -0.05) is 55.8 Å². The predicted molar refractivity (Wildman–Crippen MR) is 154 cm³/mol. The molecular formula is C30H35N7O. The molecule has 4 N–H and O–H groups in total. The fourth-order valence-electron chi connectivity index (χ4n) is 4.68. The van der Waals surface area contributed by atoms with Gasteiger partial charge in [-0.3, -0.25) is 0 Å². The number of aromatic nitrogens is 4. The fraction of sp³-hybridized carbons (Fsp3) is 0.333. The van der Waals surface area contributed by atoms with Gasteiger partial charge in [0.05, 0.1) is 17.4 Å². The molecule has 0 unspecified atom stereocenters. The lowest BCUT2D eigenvalue weighted by Crippen LogP contribution is -2.29. The zero-order chi connectivity index (χ0) is 26.2. The Balaban J connectivity index is 1.39. The molecule has 4 aromatic rings. The van der Waals surface area contributed by atoms with Crippen molar-refractivity contribution in [2.45, 2.75) is 57.6 Å².